The van der Waals surface area contributed by atoms with Crippen molar-refractivity contribution in [2.24, 2.45) is 0 Å². The Morgan fingerprint density at radius 1 is 1.22 bits per heavy atom. The van der Waals surface area contributed by atoms with Gasteiger partial charge < -0.3 is 10.2 Å². The molecule has 2 N–H and O–H groups in total. The summed E-state index contributed by atoms with van der Waals surface area (Å²) < 4.78 is 0. The van der Waals surface area contributed by atoms with Gasteiger partial charge in [-0.2, -0.15) is 0 Å². The molecular weight excluding hydrogens is 344 g/mol. The van der Waals surface area contributed by atoms with Gasteiger partial charge in [0.25, 0.3) is 5.91 Å². The number of nitrogens with one attached hydrogen (secondary N) is 2. The van der Waals surface area contributed by atoms with Crippen LogP contribution in [0.5, 0.6) is 0 Å². The zero-order valence-electron chi connectivity index (χ0n) is 15.7. The van der Waals surface area contributed by atoms with Crippen molar-refractivity contribution in [1.82, 2.24) is 20.4 Å². The zero-order valence-corrected chi connectivity index (χ0v) is 15.7. The normalized spacial score (nSPS) is 25.7. The van der Waals surface area contributed by atoms with Crippen molar-refractivity contribution in [2.75, 3.05) is 20.1 Å². The van der Waals surface area contributed by atoms with E-state index in [1.807, 2.05) is 12.1 Å². The van der Waals surface area contributed by atoms with Crippen LogP contribution in [0.4, 0.5) is 0 Å². The molecule has 3 aliphatic heterocycles. The molecule has 1 aromatic rings. The molecule has 144 valence electrons. The van der Waals surface area contributed by atoms with E-state index in [2.05, 4.69) is 28.6 Å². The lowest BCUT2D eigenvalue weighted by Gasteiger charge is -2.32. The second kappa shape index (κ2) is 7.40. The molecule has 3 heterocycles. The topological polar surface area (TPSA) is 81.8 Å². The number of imide groups is 1. The molecular formula is C20H26N4O3. The molecule has 2 atom stereocenters. The average Bonchev–Trinajstić information content (AvgIpc) is 3.00. The molecule has 0 radical (unpaired) electrons. The summed E-state index contributed by atoms with van der Waals surface area (Å²) in [5, 5.41) is 5.80. The van der Waals surface area contributed by atoms with Crippen molar-refractivity contribution in [1.29, 1.82) is 0 Å². The van der Waals surface area contributed by atoms with Gasteiger partial charge in [0, 0.05) is 37.7 Å². The summed E-state index contributed by atoms with van der Waals surface area (Å²) in [7, 11) is 2.13. The van der Waals surface area contributed by atoms with E-state index in [9.17, 15) is 14.4 Å². The van der Waals surface area contributed by atoms with Crippen LogP contribution < -0.4 is 10.6 Å². The number of nitrogens with zero attached hydrogens (tertiary/aromatic N) is 2. The quantitative estimate of drug-likeness (QED) is 0.760. The first-order chi connectivity index (χ1) is 13.0. The molecule has 0 spiro atoms. The van der Waals surface area contributed by atoms with Gasteiger partial charge in [0.05, 0.1) is 0 Å². The van der Waals surface area contributed by atoms with Crippen LogP contribution >= 0.6 is 0 Å². The van der Waals surface area contributed by atoms with Gasteiger partial charge in [0.1, 0.15) is 6.04 Å². The summed E-state index contributed by atoms with van der Waals surface area (Å²) in [6.45, 7) is 3.30. The monoisotopic (exact) mass is 370 g/mol. The molecule has 0 aromatic heterocycles. The highest BCUT2D eigenvalue weighted by Crippen LogP contribution is 2.30. The highest BCUT2D eigenvalue weighted by atomic mass is 16.2. The van der Waals surface area contributed by atoms with Crippen LogP contribution in [-0.2, 0) is 22.7 Å². The molecule has 27 heavy (non-hydrogen) atoms. The lowest BCUT2D eigenvalue weighted by Crippen LogP contribution is -2.52. The molecule has 2 unspecified atom stereocenters. The first kappa shape index (κ1) is 18.1. The average molecular weight is 370 g/mol. The Bertz CT molecular complexity index is 772. The van der Waals surface area contributed by atoms with Crippen LogP contribution in [0.1, 0.15) is 47.2 Å². The van der Waals surface area contributed by atoms with Gasteiger partial charge in [-0.1, -0.05) is 12.1 Å². The summed E-state index contributed by atoms with van der Waals surface area (Å²) in [5.74, 6) is -0.730. The third-order valence-corrected chi connectivity index (χ3v) is 5.99. The molecule has 3 amide bonds. The summed E-state index contributed by atoms with van der Waals surface area (Å²) in [6, 6.07) is 5.78. The molecule has 0 saturated carbocycles. The molecule has 0 aliphatic carbocycles. The predicted molar refractivity (Wildman–Crippen MR) is 99.8 cm³/mol. The third-order valence-electron chi connectivity index (χ3n) is 5.99. The summed E-state index contributed by atoms with van der Waals surface area (Å²) in [4.78, 5) is 40.5. The van der Waals surface area contributed by atoms with Gasteiger partial charge >= 0.3 is 0 Å². The molecule has 2 saturated heterocycles. The van der Waals surface area contributed by atoms with Crippen LogP contribution in [0.2, 0.25) is 0 Å². The Hall–Kier alpha value is -2.25. The van der Waals surface area contributed by atoms with Crippen LogP contribution in [-0.4, -0.2) is 59.7 Å². The SMILES string of the molecule is CN(Cc1cccc2c1CN(C1CCC(=O)NC1=O)C2=O)C1CCCNC1. The Labute approximate surface area is 159 Å². The van der Waals surface area contributed by atoms with Crippen LogP contribution in [0.15, 0.2) is 18.2 Å². The number of fused-ring (bicyclic) bond motifs is 1. The molecule has 4 rings (SSSR count). The predicted octanol–water partition coefficient (Wildman–Crippen LogP) is 0.631. The molecule has 3 aliphatic rings. The number of likely N-dealkylation sites (N-methyl/N-ethyl adjacent to an activating group) is 1. The third kappa shape index (κ3) is 3.49. The molecule has 0 bridgehead atoms. The van der Waals surface area contributed by atoms with Crippen LogP contribution in [0, 0.1) is 0 Å². The number of rotatable bonds is 4. The Kier molecular flexibility index (Phi) is 4.97. The summed E-state index contributed by atoms with van der Waals surface area (Å²) >= 11 is 0. The minimum absolute atomic E-state index is 0.108. The number of hydrogen-bond donors (Lipinski definition) is 2. The standard InChI is InChI=1S/C20H26N4O3/c1-23(14-5-3-9-21-10-14)11-13-4-2-6-15-16(13)12-24(20(15)27)17-7-8-18(25)22-19(17)26/h2,4,6,14,17,21H,3,5,7-12H2,1H3,(H,22,25,26). The van der Waals surface area contributed by atoms with Crippen molar-refractivity contribution in [3.63, 3.8) is 0 Å². The van der Waals surface area contributed by atoms with Gasteiger partial charge in [-0.05, 0) is 50.0 Å². The highest BCUT2D eigenvalue weighted by Gasteiger charge is 2.39. The largest absolute Gasteiger partial charge is 0.322 e. The van der Waals surface area contributed by atoms with Gasteiger partial charge in [0.2, 0.25) is 11.8 Å². The minimum atomic E-state index is -0.560. The number of carbonyl (C=O) groups is 3. The van der Waals surface area contributed by atoms with Gasteiger partial charge in [-0.25, -0.2) is 0 Å². The van der Waals surface area contributed by atoms with E-state index in [0.717, 1.165) is 30.8 Å². The molecule has 7 nitrogen and oxygen atoms in total. The second-order valence-electron chi connectivity index (χ2n) is 7.76. The first-order valence-corrected chi connectivity index (χ1v) is 9.71. The summed E-state index contributed by atoms with van der Waals surface area (Å²) in [6.07, 6.45) is 3.04. The van der Waals surface area contributed by atoms with Crippen LogP contribution in [0.25, 0.3) is 0 Å². The van der Waals surface area contributed by atoms with E-state index in [-0.39, 0.29) is 24.1 Å². The Balaban J connectivity index is 1.52. The maximum atomic E-state index is 12.9. The van der Waals surface area contributed by atoms with Crippen molar-refractivity contribution in [3.05, 3.63) is 34.9 Å². The number of benzene rings is 1. The highest BCUT2D eigenvalue weighted by molar-refractivity contribution is 6.05. The van der Waals surface area contributed by atoms with Gasteiger partial charge in [-0.15, -0.1) is 0 Å². The van der Waals surface area contributed by atoms with Crippen LogP contribution in [0.3, 0.4) is 0 Å². The molecule has 7 heteroatoms. The van der Waals surface area contributed by atoms with E-state index in [0.29, 0.717) is 24.6 Å². The lowest BCUT2D eigenvalue weighted by atomic mass is 10.0. The fourth-order valence-corrected chi connectivity index (χ4v) is 4.41. The second-order valence-corrected chi connectivity index (χ2v) is 7.76. The first-order valence-electron chi connectivity index (χ1n) is 9.71. The maximum absolute atomic E-state index is 12.9. The van der Waals surface area contributed by atoms with E-state index < -0.39 is 6.04 Å². The Morgan fingerprint density at radius 2 is 2.07 bits per heavy atom. The zero-order chi connectivity index (χ0) is 19.0. The van der Waals surface area contributed by atoms with Gasteiger partial charge in [0.15, 0.2) is 0 Å². The minimum Gasteiger partial charge on any atom is -0.322 e. The number of carbonyl (C=O) groups excluding carboxylic acids is 3. The number of amides is 3. The summed E-state index contributed by atoms with van der Waals surface area (Å²) in [5.41, 5.74) is 2.85. The number of hydrogen-bond acceptors (Lipinski definition) is 5. The molecule has 2 fully saturated rings. The maximum Gasteiger partial charge on any atom is 0.255 e. The van der Waals surface area contributed by atoms with Crippen molar-refractivity contribution >= 4 is 17.7 Å². The van der Waals surface area contributed by atoms with E-state index in [1.165, 1.54) is 12.8 Å². The van der Waals surface area contributed by atoms with E-state index >= 15 is 0 Å². The van der Waals surface area contributed by atoms with E-state index in [4.69, 9.17) is 0 Å². The molecule has 1 aromatic carbocycles. The van der Waals surface area contributed by atoms with E-state index in [1.54, 1.807) is 4.90 Å². The van der Waals surface area contributed by atoms with Crippen molar-refractivity contribution < 1.29 is 14.4 Å². The van der Waals surface area contributed by atoms with Gasteiger partial charge in [-0.3, -0.25) is 24.6 Å². The van der Waals surface area contributed by atoms with Crippen molar-refractivity contribution in [3.8, 4) is 0 Å². The Morgan fingerprint density at radius 3 is 2.81 bits per heavy atom. The number of piperidine rings is 2. The smallest absolute Gasteiger partial charge is 0.255 e. The van der Waals surface area contributed by atoms with Crippen molar-refractivity contribution in [2.45, 2.75) is 50.9 Å². The fraction of sp³-hybridized carbons (Fsp3) is 0.550. The lowest BCUT2D eigenvalue weighted by molar-refractivity contribution is -0.136. The fourth-order valence-electron chi connectivity index (χ4n) is 4.41.